The van der Waals surface area contributed by atoms with E-state index in [1.807, 2.05) is 0 Å². The Morgan fingerprint density at radius 2 is 1.21 bits per heavy atom. The van der Waals surface area contributed by atoms with Gasteiger partial charge in [0, 0.05) is 22.9 Å². The lowest BCUT2D eigenvalue weighted by molar-refractivity contribution is -0.384. The van der Waals surface area contributed by atoms with Crippen molar-refractivity contribution in [2.75, 3.05) is 0 Å². The summed E-state index contributed by atoms with van der Waals surface area (Å²) in [6.07, 6.45) is 0. The van der Waals surface area contributed by atoms with Crippen molar-refractivity contribution < 1.29 is 14.3 Å². The minimum atomic E-state index is -0.573. The molecule has 0 atom stereocenters. The molecule has 0 N–H and O–H groups in total. The van der Waals surface area contributed by atoms with E-state index in [0.717, 1.165) is 0 Å². The average Bonchev–Trinajstić information content (AvgIpc) is 2.76. The van der Waals surface area contributed by atoms with Gasteiger partial charge in [0.15, 0.2) is 0 Å². The van der Waals surface area contributed by atoms with Crippen LogP contribution < -0.4 is 0 Å². The monoisotopic (exact) mass is 258 g/mol. The number of rotatable bonds is 2. The average molecular weight is 258 g/mol. The van der Waals surface area contributed by atoms with Gasteiger partial charge >= 0.3 is 11.4 Å². The molecule has 3 rings (SSSR count). The van der Waals surface area contributed by atoms with Gasteiger partial charge in [-0.2, -0.15) is 0 Å². The zero-order valence-electron chi connectivity index (χ0n) is 9.40. The van der Waals surface area contributed by atoms with Crippen molar-refractivity contribution in [2.45, 2.75) is 0 Å². The maximum Gasteiger partial charge on any atom is 0.312 e. The molecule has 0 unspecified atom stereocenters. The van der Waals surface area contributed by atoms with Crippen LogP contribution in [0.15, 0.2) is 40.8 Å². The third-order valence-corrected chi connectivity index (χ3v) is 2.88. The first-order chi connectivity index (χ1) is 9.09. The molecule has 7 nitrogen and oxygen atoms in total. The second-order valence-electron chi connectivity index (χ2n) is 3.92. The van der Waals surface area contributed by atoms with Crippen LogP contribution in [0.4, 0.5) is 11.4 Å². The smallest absolute Gasteiger partial charge is 0.312 e. The minimum Gasteiger partial charge on any atom is -0.442 e. The molecule has 0 aliphatic carbocycles. The predicted octanol–water partition coefficient (Wildman–Crippen LogP) is 3.40. The first-order valence-corrected chi connectivity index (χ1v) is 5.32. The van der Waals surface area contributed by atoms with Gasteiger partial charge in [0.25, 0.3) is 0 Å². The van der Waals surface area contributed by atoms with E-state index in [-0.39, 0.29) is 22.5 Å². The van der Waals surface area contributed by atoms with Gasteiger partial charge in [0.05, 0.1) is 9.85 Å². The van der Waals surface area contributed by atoms with Crippen molar-refractivity contribution in [3.63, 3.8) is 0 Å². The molecule has 3 aromatic rings. The van der Waals surface area contributed by atoms with Gasteiger partial charge in [0.1, 0.15) is 0 Å². The number of para-hydroxylation sites is 2. The molecule has 0 bridgehead atoms. The van der Waals surface area contributed by atoms with Crippen LogP contribution in [-0.4, -0.2) is 9.85 Å². The van der Waals surface area contributed by atoms with Crippen LogP contribution in [-0.2, 0) is 0 Å². The van der Waals surface area contributed by atoms with Gasteiger partial charge in [-0.25, -0.2) is 0 Å². The fraction of sp³-hybridized carbons (Fsp3) is 0. The summed E-state index contributed by atoms with van der Waals surface area (Å²) in [5, 5.41) is 22.8. The van der Waals surface area contributed by atoms with E-state index in [0.29, 0.717) is 10.8 Å². The summed E-state index contributed by atoms with van der Waals surface area (Å²) in [6.45, 7) is 0. The van der Waals surface area contributed by atoms with Gasteiger partial charge in [-0.1, -0.05) is 12.1 Å². The third-order valence-electron chi connectivity index (χ3n) is 2.88. The third kappa shape index (κ3) is 1.52. The highest BCUT2D eigenvalue weighted by Crippen LogP contribution is 2.37. The van der Waals surface area contributed by atoms with E-state index < -0.39 is 9.85 Å². The van der Waals surface area contributed by atoms with E-state index in [9.17, 15) is 20.2 Å². The lowest BCUT2D eigenvalue weighted by Gasteiger charge is -1.91. The van der Waals surface area contributed by atoms with Gasteiger partial charge in [-0.05, 0) is 12.1 Å². The Labute approximate surface area is 105 Å². The summed E-state index contributed by atoms with van der Waals surface area (Å²) in [5.41, 5.74) is -0.306. The molecule has 2 aromatic carbocycles. The highest BCUT2D eigenvalue weighted by molar-refractivity contribution is 6.10. The molecule has 0 aliphatic heterocycles. The van der Waals surface area contributed by atoms with Crippen molar-refractivity contribution in [3.05, 3.63) is 56.6 Å². The van der Waals surface area contributed by atoms with E-state index in [1.54, 1.807) is 12.1 Å². The lowest BCUT2D eigenvalue weighted by atomic mass is 10.1. The first-order valence-electron chi connectivity index (χ1n) is 5.32. The molecule has 0 fully saturated rings. The normalized spacial score (nSPS) is 10.9. The van der Waals surface area contributed by atoms with Gasteiger partial charge in [-0.3, -0.25) is 20.2 Å². The highest BCUT2D eigenvalue weighted by atomic mass is 16.6. The number of benzene rings is 2. The summed E-state index contributed by atoms with van der Waals surface area (Å²) in [5.74, 6) is 0. The topological polar surface area (TPSA) is 99.4 Å². The van der Waals surface area contributed by atoms with Gasteiger partial charge in [0.2, 0.25) is 11.2 Å². The second kappa shape index (κ2) is 3.77. The Kier molecular flexibility index (Phi) is 2.21. The molecule has 0 radical (unpaired) electrons. The summed E-state index contributed by atoms with van der Waals surface area (Å²) >= 11 is 0. The van der Waals surface area contributed by atoms with Crippen LogP contribution in [0.3, 0.4) is 0 Å². The highest BCUT2D eigenvalue weighted by Gasteiger charge is 2.22. The summed E-state index contributed by atoms with van der Waals surface area (Å²) in [4.78, 5) is 20.7. The number of furan rings is 1. The number of non-ortho nitro benzene ring substituents is 2. The van der Waals surface area contributed by atoms with E-state index >= 15 is 0 Å². The molecule has 7 heteroatoms. The number of nitro benzene ring substituents is 2. The Hall–Kier alpha value is -2.96. The Balaban J connectivity index is 2.51. The molecule has 94 valence electrons. The summed E-state index contributed by atoms with van der Waals surface area (Å²) in [6, 6.07) is 8.92. The maximum atomic E-state index is 10.9. The molecule has 0 amide bonds. The molecule has 0 saturated heterocycles. The minimum absolute atomic E-state index is 0.0526. The molecule has 0 spiro atoms. The van der Waals surface area contributed by atoms with Crippen molar-refractivity contribution in [1.82, 2.24) is 0 Å². The number of hydrogen-bond donors (Lipinski definition) is 0. The molecular weight excluding hydrogens is 252 g/mol. The molecule has 0 aliphatic rings. The Bertz CT molecular complexity index is 768. The maximum absolute atomic E-state index is 10.9. The Morgan fingerprint density at radius 1 is 0.789 bits per heavy atom. The number of nitrogens with zero attached hydrogens (tertiary/aromatic N) is 2. The predicted molar refractivity (Wildman–Crippen MR) is 67.0 cm³/mol. The molecule has 19 heavy (non-hydrogen) atoms. The second-order valence-corrected chi connectivity index (χ2v) is 3.92. The van der Waals surface area contributed by atoms with E-state index in [1.165, 1.54) is 24.3 Å². The van der Waals surface area contributed by atoms with Crippen LogP contribution in [0.5, 0.6) is 0 Å². The zero-order chi connectivity index (χ0) is 13.6. The van der Waals surface area contributed by atoms with Crippen LogP contribution in [0, 0.1) is 20.2 Å². The van der Waals surface area contributed by atoms with Crippen molar-refractivity contribution in [3.8, 4) is 0 Å². The van der Waals surface area contributed by atoms with Gasteiger partial charge in [-0.15, -0.1) is 0 Å². The fourth-order valence-corrected chi connectivity index (χ4v) is 2.08. The number of hydrogen-bond acceptors (Lipinski definition) is 5. The van der Waals surface area contributed by atoms with Crippen LogP contribution >= 0.6 is 0 Å². The fourth-order valence-electron chi connectivity index (χ4n) is 2.08. The number of nitro groups is 2. The van der Waals surface area contributed by atoms with Crippen molar-refractivity contribution in [1.29, 1.82) is 0 Å². The van der Waals surface area contributed by atoms with Crippen molar-refractivity contribution >= 4 is 33.3 Å². The SMILES string of the molecule is O=[N+]([O-])c1cccc2c1oc1c([N+](=O)[O-])cccc12. The number of fused-ring (bicyclic) bond motifs is 3. The van der Waals surface area contributed by atoms with Gasteiger partial charge < -0.3 is 4.42 Å². The van der Waals surface area contributed by atoms with E-state index in [4.69, 9.17) is 4.42 Å². The largest absolute Gasteiger partial charge is 0.442 e. The summed E-state index contributed by atoms with van der Waals surface area (Å²) in [7, 11) is 0. The lowest BCUT2D eigenvalue weighted by Crippen LogP contribution is -1.87. The molecule has 1 heterocycles. The molecular formula is C12H6N2O5. The van der Waals surface area contributed by atoms with Crippen LogP contribution in [0.1, 0.15) is 0 Å². The molecule has 1 aromatic heterocycles. The summed E-state index contributed by atoms with van der Waals surface area (Å²) < 4.78 is 5.35. The van der Waals surface area contributed by atoms with E-state index in [2.05, 4.69) is 0 Å². The quantitative estimate of drug-likeness (QED) is 0.518. The molecule has 0 saturated carbocycles. The zero-order valence-corrected chi connectivity index (χ0v) is 9.40. The van der Waals surface area contributed by atoms with Crippen LogP contribution in [0.25, 0.3) is 21.9 Å². The Morgan fingerprint density at radius 3 is 1.58 bits per heavy atom. The standard InChI is InChI=1S/C12H6N2O5/c15-13(16)9-5-1-3-7-8-4-2-6-10(14(17)18)12(8)19-11(7)9/h1-6H. The first kappa shape index (κ1) is 11.1. The van der Waals surface area contributed by atoms with Crippen LogP contribution in [0.2, 0.25) is 0 Å². The van der Waals surface area contributed by atoms with Crippen molar-refractivity contribution in [2.24, 2.45) is 0 Å².